The summed E-state index contributed by atoms with van der Waals surface area (Å²) in [5.74, 6) is -2.01. The van der Waals surface area contributed by atoms with Crippen LogP contribution < -0.4 is 10.7 Å². The fourth-order valence-corrected chi connectivity index (χ4v) is 2.41. The lowest BCUT2D eigenvalue weighted by atomic mass is 10.2. The van der Waals surface area contributed by atoms with Crippen LogP contribution in [0, 0.1) is 12.7 Å². The summed E-state index contributed by atoms with van der Waals surface area (Å²) < 4.78 is 50.7. The topological polar surface area (TPSA) is 81.7 Å². The second-order valence-electron chi connectivity index (χ2n) is 4.59. The number of aryl methyl sites for hydroxylation is 1. The van der Waals surface area contributed by atoms with E-state index in [0.717, 1.165) is 12.1 Å². The summed E-state index contributed by atoms with van der Waals surface area (Å²) in [4.78, 5) is 22.6. The van der Waals surface area contributed by atoms with Gasteiger partial charge < -0.3 is 10.4 Å². The molecule has 0 saturated heterocycles. The van der Waals surface area contributed by atoms with Crippen molar-refractivity contribution in [2.45, 2.75) is 24.9 Å². The fraction of sp³-hybridized carbons (Fsp3) is 0.385. The Kier molecular flexibility index (Phi) is 6.70. The Bertz CT molecular complexity index is 625. The van der Waals surface area contributed by atoms with Gasteiger partial charge in [0, 0.05) is 11.4 Å². The van der Waals surface area contributed by atoms with Crippen LogP contribution in [0.4, 0.5) is 32.8 Å². The average Bonchev–Trinajstić information content (AvgIpc) is 2.45. The maximum atomic E-state index is 13.8. The van der Waals surface area contributed by atoms with Gasteiger partial charge in [-0.3, -0.25) is 0 Å². The molecule has 0 spiro atoms. The number of carbonyl (C=O) groups excluding carboxylic acids is 1. The van der Waals surface area contributed by atoms with Gasteiger partial charge in [0.05, 0.1) is 11.4 Å². The number of thioether (sulfide) groups is 1. The molecule has 1 aromatic rings. The number of urea groups is 1. The van der Waals surface area contributed by atoms with Crippen molar-refractivity contribution in [1.29, 1.82) is 0 Å². The summed E-state index contributed by atoms with van der Waals surface area (Å²) in [5.41, 5.74) is 1.89. The molecular weight excluding hydrogens is 354 g/mol. The number of amides is 3. The van der Waals surface area contributed by atoms with Gasteiger partial charge in [-0.05, 0) is 31.5 Å². The summed E-state index contributed by atoms with van der Waals surface area (Å²) in [5, 5.41) is 11.4. The first-order valence-electron chi connectivity index (χ1n) is 6.61. The van der Waals surface area contributed by atoms with Crippen LogP contribution in [0.15, 0.2) is 17.0 Å². The summed E-state index contributed by atoms with van der Waals surface area (Å²) in [7, 11) is 0. The number of halogens is 4. The molecule has 0 unspecified atom stereocenters. The van der Waals surface area contributed by atoms with E-state index in [1.165, 1.54) is 13.8 Å². The number of hydrazine groups is 1. The van der Waals surface area contributed by atoms with Crippen molar-refractivity contribution < 1.29 is 32.3 Å². The summed E-state index contributed by atoms with van der Waals surface area (Å²) in [6.45, 7) is 2.85. The standard InChI is InChI=1S/C13H15F4N3O3S/c1-3-20(12(22)23)19-11(21)18-9-5-10(7(2)4-8(9)14)24-6-13(15,16)17/h4-5H,3,6H2,1-2H3,(H,22,23)(H2,18,19,21). The summed E-state index contributed by atoms with van der Waals surface area (Å²) in [6, 6.07) is 1.02. The predicted molar refractivity (Wildman–Crippen MR) is 80.5 cm³/mol. The Balaban J connectivity index is 2.87. The summed E-state index contributed by atoms with van der Waals surface area (Å²) in [6.07, 6.45) is -5.81. The van der Waals surface area contributed by atoms with Gasteiger partial charge in [0.1, 0.15) is 5.82 Å². The molecule has 0 fully saturated rings. The van der Waals surface area contributed by atoms with Crippen molar-refractivity contribution in [2.24, 2.45) is 0 Å². The highest BCUT2D eigenvalue weighted by Gasteiger charge is 2.27. The van der Waals surface area contributed by atoms with Crippen LogP contribution in [-0.4, -0.2) is 40.7 Å². The molecule has 134 valence electrons. The number of rotatable bonds is 4. The van der Waals surface area contributed by atoms with Crippen molar-refractivity contribution >= 4 is 29.6 Å². The van der Waals surface area contributed by atoms with E-state index < -0.39 is 29.9 Å². The Hall–Kier alpha value is -2.17. The number of hydrogen-bond donors (Lipinski definition) is 3. The Labute approximate surface area is 139 Å². The highest BCUT2D eigenvalue weighted by molar-refractivity contribution is 7.99. The molecule has 0 aliphatic carbocycles. The lowest BCUT2D eigenvalue weighted by molar-refractivity contribution is -0.105. The van der Waals surface area contributed by atoms with Crippen LogP contribution in [0.25, 0.3) is 0 Å². The minimum absolute atomic E-state index is 0.0498. The van der Waals surface area contributed by atoms with E-state index in [2.05, 4.69) is 5.32 Å². The molecule has 11 heteroatoms. The number of carboxylic acid groups (broad SMARTS) is 1. The van der Waals surface area contributed by atoms with Gasteiger partial charge in [0.15, 0.2) is 0 Å². The Morgan fingerprint density at radius 3 is 2.46 bits per heavy atom. The van der Waals surface area contributed by atoms with Gasteiger partial charge in [-0.2, -0.15) is 13.2 Å². The van der Waals surface area contributed by atoms with E-state index in [4.69, 9.17) is 5.11 Å². The van der Waals surface area contributed by atoms with E-state index in [1.54, 1.807) is 0 Å². The molecule has 3 N–H and O–H groups in total. The lowest BCUT2D eigenvalue weighted by Gasteiger charge is -2.19. The molecule has 0 saturated carbocycles. The zero-order valence-corrected chi connectivity index (χ0v) is 13.5. The van der Waals surface area contributed by atoms with Gasteiger partial charge in [-0.15, -0.1) is 11.8 Å². The normalized spacial score (nSPS) is 11.1. The molecule has 1 aromatic carbocycles. The Morgan fingerprint density at radius 1 is 1.33 bits per heavy atom. The predicted octanol–water partition coefficient (Wildman–Crippen LogP) is 3.82. The Morgan fingerprint density at radius 2 is 1.96 bits per heavy atom. The maximum Gasteiger partial charge on any atom is 0.426 e. The van der Waals surface area contributed by atoms with Crippen LogP contribution >= 0.6 is 11.8 Å². The van der Waals surface area contributed by atoms with Crippen LogP contribution in [0.1, 0.15) is 12.5 Å². The van der Waals surface area contributed by atoms with Gasteiger partial charge in [-0.1, -0.05) is 0 Å². The number of benzene rings is 1. The van der Waals surface area contributed by atoms with E-state index in [-0.39, 0.29) is 22.7 Å². The minimum atomic E-state index is -4.39. The fourth-order valence-electron chi connectivity index (χ4n) is 1.60. The third kappa shape index (κ3) is 6.14. The van der Waals surface area contributed by atoms with Crippen LogP contribution in [0.3, 0.4) is 0 Å². The molecule has 0 bridgehead atoms. The van der Waals surface area contributed by atoms with E-state index in [9.17, 15) is 27.2 Å². The quantitative estimate of drug-likeness (QED) is 0.428. The van der Waals surface area contributed by atoms with Crippen molar-refractivity contribution in [2.75, 3.05) is 17.6 Å². The first-order valence-corrected chi connectivity index (χ1v) is 7.59. The first kappa shape index (κ1) is 19.9. The minimum Gasteiger partial charge on any atom is -0.464 e. The highest BCUT2D eigenvalue weighted by atomic mass is 32.2. The lowest BCUT2D eigenvalue weighted by Crippen LogP contribution is -2.47. The van der Waals surface area contributed by atoms with Crippen molar-refractivity contribution in [3.63, 3.8) is 0 Å². The number of anilines is 1. The van der Waals surface area contributed by atoms with E-state index in [0.29, 0.717) is 16.8 Å². The second kappa shape index (κ2) is 8.08. The van der Waals surface area contributed by atoms with Gasteiger partial charge in [0.25, 0.3) is 0 Å². The first-order chi connectivity index (χ1) is 11.0. The molecule has 1 rings (SSSR count). The molecule has 0 atom stereocenters. The number of nitrogens with zero attached hydrogens (tertiary/aromatic N) is 1. The zero-order valence-electron chi connectivity index (χ0n) is 12.7. The molecule has 0 aliphatic rings. The summed E-state index contributed by atoms with van der Waals surface area (Å²) >= 11 is 0.459. The number of carbonyl (C=O) groups is 2. The van der Waals surface area contributed by atoms with Crippen LogP contribution in [0.5, 0.6) is 0 Å². The third-order valence-corrected chi connectivity index (χ3v) is 3.91. The van der Waals surface area contributed by atoms with Crippen LogP contribution in [0.2, 0.25) is 0 Å². The van der Waals surface area contributed by atoms with E-state index >= 15 is 0 Å². The molecule has 24 heavy (non-hydrogen) atoms. The number of alkyl halides is 3. The zero-order chi connectivity index (χ0) is 18.5. The van der Waals surface area contributed by atoms with Gasteiger partial charge >= 0.3 is 18.3 Å². The molecule has 6 nitrogen and oxygen atoms in total. The molecule has 0 aromatic heterocycles. The van der Waals surface area contributed by atoms with E-state index in [1.807, 2.05) is 5.43 Å². The van der Waals surface area contributed by atoms with Gasteiger partial charge in [0.2, 0.25) is 0 Å². The molecule has 3 amide bonds. The highest BCUT2D eigenvalue weighted by Crippen LogP contribution is 2.32. The van der Waals surface area contributed by atoms with Crippen molar-refractivity contribution in [3.8, 4) is 0 Å². The maximum absolute atomic E-state index is 13.8. The van der Waals surface area contributed by atoms with Gasteiger partial charge in [-0.25, -0.2) is 24.4 Å². The van der Waals surface area contributed by atoms with Crippen LogP contribution in [-0.2, 0) is 0 Å². The number of nitrogens with one attached hydrogen (secondary N) is 2. The molecule has 0 heterocycles. The molecule has 0 aliphatic heterocycles. The SMILES string of the molecule is CCN(NC(=O)Nc1cc(SCC(F)(F)F)c(C)cc1F)C(=O)O. The van der Waals surface area contributed by atoms with Crippen molar-refractivity contribution in [1.82, 2.24) is 10.4 Å². The third-order valence-electron chi connectivity index (χ3n) is 2.69. The largest absolute Gasteiger partial charge is 0.464 e. The monoisotopic (exact) mass is 369 g/mol. The number of hydrogen-bond acceptors (Lipinski definition) is 3. The van der Waals surface area contributed by atoms with Crippen molar-refractivity contribution in [3.05, 3.63) is 23.5 Å². The smallest absolute Gasteiger partial charge is 0.426 e. The molecule has 0 radical (unpaired) electrons. The average molecular weight is 369 g/mol. The molecular formula is C13H15F4N3O3S. The second-order valence-corrected chi connectivity index (χ2v) is 5.61.